The molecule has 1 aliphatic rings. The Morgan fingerprint density at radius 2 is 2.38 bits per heavy atom. The van der Waals surface area contributed by atoms with Crippen LogP contribution in [-0.4, -0.2) is 26.8 Å². The number of ether oxygens (including phenoxy) is 1. The molecule has 3 nitrogen and oxygen atoms in total. The number of halogens is 1. The molecule has 1 N–H and O–H groups in total. The third-order valence-electron chi connectivity index (χ3n) is 2.47. The summed E-state index contributed by atoms with van der Waals surface area (Å²) in [5.74, 6) is 0. The molecule has 1 atom stereocenters. The van der Waals surface area contributed by atoms with Gasteiger partial charge in [0.05, 0.1) is 12.7 Å². The molecule has 1 saturated heterocycles. The lowest BCUT2D eigenvalue weighted by Gasteiger charge is -2.35. The highest BCUT2D eigenvalue weighted by Crippen LogP contribution is 2.29. The molecule has 4 heteroatoms. The highest BCUT2D eigenvalue weighted by Gasteiger charge is 2.31. The molecular formula is C9H17ClN2O. The van der Waals surface area contributed by atoms with Crippen LogP contribution in [-0.2, 0) is 4.74 Å². The lowest BCUT2D eigenvalue weighted by Crippen LogP contribution is -2.42. The van der Waals surface area contributed by atoms with Crippen molar-refractivity contribution in [2.45, 2.75) is 19.3 Å². The molecule has 0 spiro atoms. The zero-order valence-corrected chi connectivity index (χ0v) is 8.82. The third-order valence-corrected chi connectivity index (χ3v) is 2.47. The topological polar surface area (TPSA) is 45.0 Å². The Labute approximate surface area is 85.9 Å². The van der Waals surface area contributed by atoms with Crippen LogP contribution in [0.25, 0.3) is 0 Å². The molecule has 1 unspecified atom stereocenters. The first-order chi connectivity index (χ1) is 5.83. The van der Waals surface area contributed by atoms with Gasteiger partial charge in [0.2, 0.25) is 0 Å². The number of methoxy groups -OCH3 is 1. The van der Waals surface area contributed by atoms with Crippen molar-refractivity contribution in [2.75, 3.05) is 26.8 Å². The van der Waals surface area contributed by atoms with E-state index in [4.69, 9.17) is 10.00 Å². The van der Waals surface area contributed by atoms with Gasteiger partial charge in [-0.05, 0) is 19.4 Å². The molecule has 0 aromatic carbocycles. The smallest absolute Gasteiger partial charge is 0.0629 e. The summed E-state index contributed by atoms with van der Waals surface area (Å²) in [6.45, 7) is 2.71. The minimum atomic E-state index is 0. The van der Waals surface area contributed by atoms with Crippen LogP contribution >= 0.6 is 12.4 Å². The molecule has 0 aliphatic carbocycles. The van der Waals surface area contributed by atoms with Crippen LogP contribution in [0.2, 0.25) is 0 Å². The number of rotatable bonds is 3. The molecule has 0 amide bonds. The van der Waals surface area contributed by atoms with Crippen LogP contribution in [0.5, 0.6) is 0 Å². The van der Waals surface area contributed by atoms with Crippen LogP contribution in [0.1, 0.15) is 19.3 Å². The van der Waals surface area contributed by atoms with E-state index < -0.39 is 0 Å². The van der Waals surface area contributed by atoms with Gasteiger partial charge in [-0.2, -0.15) is 5.26 Å². The van der Waals surface area contributed by atoms with Crippen molar-refractivity contribution in [1.82, 2.24) is 5.32 Å². The Balaban J connectivity index is 0.00000144. The fraction of sp³-hybridized carbons (Fsp3) is 0.889. The summed E-state index contributed by atoms with van der Waals surface area (Å²) in [6, 6.07) is 2.24. The van der Waals surface area contributed by atoms with E-state index in [0.717, 1.165) is 25.9 Å². The van der Waals surface area contributed by atoms with E-state index >= 15 is 0 Å². The second kappa shape index (κ2) is 6.20. The summed E-state index contributed by atoms with van der Waals surface area (Å²) in [6.07, 6.45) is 2.88. The largest absolute Gasteiger partial charge is 0.384 e. The van der Waals surface area contributed by atoms with E-state index in [9.17, 15) is 0 Å². The molecule has 13 heavy (non-hydrogen) atoms. The number of nitrogens with one attached hydrogen (secondary N) is 1. The van der Waals surface area contributed by atoms with Gasteiger partial charge in [-0.3, -0.25) is 0 Å². The number of nitrogens with zero attached hydrogens (tertiary/aromatic N) is 1. The third kappa shape index (κ3) is 3.51. The first kappa shape index (κ1) is 12.7. The van der Waals surface area contributed by atoms with Gasteiger partial charge in [0.15, 0.2) is 0 Å². The van der Waals surface area contributed by atoms with Gasteiger partial charge < -0.3 is 10.1 Å². The maximum atomic E-state index is 8.68. The Kier molecular flexibility index (Phi) is 6.06. The fourth-order valence-corrected chi connectivity index (χ4v) is 1.83. The zero-order valence-electron chi connectivity index (χ0n) is 8.01. The summed E-state index contributed by atoms with van der Waals surface area (Å²) < 4.78 is 5.15. The van der Waals surface area contributed by atoms with Crippen molar-refractivity contribution in [3.8, 4) is 6.07 Å². The molecule has 0 aromatic heterocycles. The van der Waals surface area contributed by atoms with E-state index in [1.807, 2.05) is 0 Å². The molecule has 0 saturated carbocycles. The first-order valence-corrected chi connectivity index (χ1v) is 4.40. The van der Waals surface area contributed by atoms with Gasteiger partial charge in [0.25, 0.3) is 0 Å². The van der Waals surface area contributed by atoms with Crippen LogP contribution < -0.4 is 5.32 Å². The second-order valence-electron chi connectivity index (χ2n) is 3.55. The van der Waals surface area contributed by atoms with Crippen LogP contribution in [0.3, 0.4) is 0 Å². The fourth-order valence-electron chi connectivity index (χ4n) is 1.83. The highest BCUT2D eigenvalue weighted by atomic mass is 35.5. The van der Waals surface area contributed by atoms with Crippen molar-refractivity contribution >= 4 is 12.4 Å². The number of hydrogen-bond acceptors (Lipinski definition) is 3. The minimum Gasteiger partial charge on any atom is -0.384 e. The normalized spacial score (nSPS) is 27.4. The summed E-state index contributed by atoms with van der Waals surface area (Å²) in [5, 5.41) is 12.0. The molecule has 1 heterocycles. The monoisotopic (exact) mass is 204 g/mol. The quantitative estimate of drug-likeness (QED) is 0.755. The zero-order chi connectivity index (χ0) is 8.86. The average molecular weight is 205 g/mol. The molecule has 1 aliphatic heterocycles. The number of nitriles is 1. The van der Waals surface area contributed by atoms with Crippen molar-refractivity contribution in [3.05, 3.63) is 0 Å². The standard InChI is InChI=1S/C9H16N2O.ClH/c1-12-8-9(4-5-10)3-2-6-11-7-9;/h11H,2-4,6-8H2,1H3;1H. The lowest BCUT2D eigenvalue weighted by atomic mass is 9.79. The molecule has 1 rings (SSSR count). The van der Waals surface area contributed by atoms with Gasteiger partial charge >= 0.3 is 0 Å². The van der Waals surface area contributed by atoms with Gasteiger partial charge in [0, 0.05) is 25.5 Å². The maximum Gasteiger partial charge on any atom is 0.0629 e. The lowest BCUT2D eigenvalue weighted by molar-refractivity contribution is 0.0618. The van der Waals surface area contributed by atoms with E-state index in [1.165, 1.54) is 0 Å². The number of hydrogen-bond donors (Lipinski definition) is 1. The van der Waals surface area contributed by atoms with Crippen molar-refractivity contribution in [2.24, 2.45) is 5.41 Å². The molecular weight excluding hydrogens is 188 g/mol. The van der Waals surface area contributed by atoms with Crippen LogP contribution in [0.4, 0.5) is 0 Å². The van der Waals surface area contributed by atoms with Crippen LogP contribution in [0.15, 0.2) is 0 Å². The maximum absolute atomic E-state index is 8.68. The summed E-state index contributed by atoms with van der Waals surface area (Å²) in [4.78, 5) is 0. The Morgan fingerprint density at radius 3 is 2.85 bits per heavy atom. The minimum absolute atomic E-state index is 0. The molecule has 0 aromatic rings. The van der Waals surface area contributed by atoms with E-state index in [0.29, 0.717) is 13.0 Å². The average Bonchev–Trinajstić information content (AvgIpc) is 2.07. The number of piperidine rings is 1. The molecule has 0 radical (unpaired) electrons. The van der Waals surface area contributed by atoms with Gasteiger partial charge in [-0.25, -0.2) is 0 Å². The van der Waals surface area contributed by atoms with Crippen LogP contribution in [0, 0.1) is 16.7 Å². The summed E-state index contributed by atoms with van der Waals surface area (Å²) in [7, 11) is 1.70. The Hall–Kier alpha value is -0.300. The SMILES string of the molecule is COCC1(CC#N)CCCNC1.Cl. The van der Waals surface area contributed by atoms with E-state index in [-0.39, 0.29) is 17.8 Å². The Morgan fingerprint density at radius 1 is 1.62 bits per heavy atom. The van der Waals surface area contributed by atoms with E-state index in [2.05, 4.69) is 11.4 Å². The van der Waals surface area contributed by atoms with E-state index in [1.54, 1.807) is 7.11 Å². The molecule has 0 bridgehead atoms. The first-order valence-electron chi connectivity index (χ1n) is 4.40. The molecule has 76 valence electrons. The molecule has 1 fully saturated rings. The predicted molar refractivity (Wildman–Crippen MR) is 53.9 cm³/mol. The summed E-state index contributed by atoms with van der Waals surface area (Å²) >= 11 is 0. The second-order valence-corrected chi connectivity index (χ2v) is 3.55. The Bertz CT molecular complexity index is 167. The van der Waals surface area contributed by atoms with Crippen molar-refractivity contribution < 1.29 is 4.74 Å². The van der Waals surface area contributed by atoms with Gasteiger partial charge in [-0.1, -0.05) is 0 Å². The van der Waals surface area contributed by atoms with Crippen molar-refractivity contribution in [3.63, 3.8) is 0 Å². The van der Waals surface area contributed by atoms with Gasteiger partial charge in [-0.15, -0.1) is 12.4 Å². The predicted octanol–water partition coefficient (Wildman–Crippen LogP) is 1.34. The van der Waals surface area contributed by atoms with Crippen molar-refractivity contribution in [1.29, 1.82) is 5.26 Å². The summed E-state index contributed by atoms with van der Waals surface area (Å²) in [5.41, 5.74) is 0.0851. The highest BCUT2D eigenvalue weighted by molar-refractivity contribution is 5.85. The van der Waals surface area contributed by atoms with Gasteiger partial charge in [0.1, 0.15) is 0 Å².